The Balaban J connectivity index is 0.000000167. The molecule has 0 aliphatic carbocycles. The Bertz CT molecular complexity index is 2230. The highest BCUT2D eigenvalue weighted by atomic mass is 31.2. The van der Waals surface area contributed by atoms with E-state index in [4.69, 9.17) is 18.1 Å². The standard InChI is InChI=1S/2C24H20O2P/c2*1-18-9-3-7-13-23(18)25-27(26-24-14-8-4-10-19(24)2)22-16-15-20-11-5-6-12-21(20)17-22/h2*3-16H,1-2H3. The SMILES string of the molecule is Cc1ccccc1OP(Oc1ccccc1C)c1[c]c2ccccc2cc1.Cc1ccccc1OP(Oc1ccccc1C)c1[c]c2ccccc2cc1. The second-order valence-corrected chi connectivity index (χ2v) is 15.5. The van der Waals surface area contributed by atoms with E-state index in [9.17, 15) is 0 Å². The van der Waals surface area contributed by atoms with Gasteiger partial charge in [0.1, 0.15) is 23.0 Å². The summed E-state index contributed by atoms with van der Waals surface area (Å²) in [5.41, 5.74) is 4.33. The lowest BCUT2D eigenvalue weighted by atomic mass is 10.1. The average Bonchev–Trinajstić information content (AvgIpc) is 3.20. The molecule has 0 N–H and O–H groups in total. The molecule has 266 valence electrons. The van der Waals surface area contributed by atoms with E-state index in [1.165, 1.54) is 0 Å². The number of aryl methyl sites for hydroxylation is 4. The minimum absolute atomic E-state index is 0.832. The van der Waals surface area contributed by atoms with Gasteiger partial charge in [-0.3, -0.25) is 0 Å². The summed E-state index contributed by atoms with van der Waals surface area (Å²) in [4.78, 5) is 0. The summed E-state index contributed by atoms with van der Waals surface area (Å²) < 4.78 is 25.4. The maximum Gasteiger partial charge on any atom is 0.326 e. The molecule has 0 aliphatic rings. The summed E-state index contributed by atoms with van der Waals surface area (Å²) in [6.07, 6.45) is 0. The topological polar surface area (TPSA) is 36.9 Å². The van der Waals surface area contributed by atoms with Crippen molar-refractivity contribution in [1.82, 2.24) is 0 Å². The molecule has 8 rings (SSSR count). The first kappa shape index (κ1) is 36.7. The lowest BCUT2D eigenvalue weighted by Crippen LogP contribution is -2.11. The van der Waals surface area contributed by atoms with E-state index < -0.39 is 16.8 Å². The third kappa shape index (κ3) is 9.10. The van der Waals surface area contributed by atoms with Gasteiger partial charge in [0.2, 0.25) is 0 Å². The van der Waals surface area contributed by atoms with Crippen LogP contribution in [0.2, 0.25) is 0 Å². The highest BCUT2D eigenvalue weighted by Crippen LogP contribution is 2.43. The molecule has 0 heterocycles. The first-order chi connectivity index (χ1) is 26.4. The van der Waals surface area contributed by atoms with Gasteiger partial charge in [0.05, 0.1) is 10.6 Å². The molecule has 0 saturated carbocycles. The van der Waals surface area contributed by atoms with Crippen LogP contribution in [-0.4, -0.2) is 0 Å². The van der Waals surface area contributed by atoms with Crippen molar-refractivity contribution in [1.29, 1.82) is 0 Å². The van der Waals surface area contributed by atoms with Gasteiger partial charge in [-0.15, -0.1) is 0 Å². The quantitative estimate of drug-likeness (QED) is 0.131. The third-order valence-electron chi connectivity index (χ3n) is 8.78. The fraction of sp³-hybridized carbons (Fsp3) is 0.0833. The fourth-order valence-corrected chi connectivity index (χ4v) is 8.47. The van der Waals surface area contributed by atoms with E-state index in [2.05, 4.69) is 48.5 Å². The Morgan fingerprint density at radius 3 is 0.907 bits per heavy atom. The minimum Gasteiger partial charge on any atom is -0.435 e. The van der Waals surface area contributed by atoms with Crippen LogP contribution in [0.5, 0.6) is 23.0 Å². The number of fused-ring (bicyclic) bond motifs is 2. The summed E-state index contributed by atoms with van der Waals surface area (Å²) in [6, 6.07) is 63.7. The Morgan fingerprint density at radius 2 is 0.593 bits per heavy atom. The van der Waals surface area contributed by atoms with Crippen LogP contribution >= 0.6 is 16.8 Å². The van der Waals surface area contributed by atoms with Gasteiger partial charge in [-0.25, -0.2) is 0 Å². The zero-order valence-electron chi connectivity index (χ0n) is 30.7. The van der Waals surface area contributed by atoms with Crippen LogP contribution in [0.3, 0.4) is 0 Å². The van der Waals surface area contributed by atoms with Crippen LogP contribution in [0.25, 0.3) is 21.5 Å². The molecule has 6 heteroatoms. The zero-order chi connectivity index (χ0) is 37.3. The molecule has 0 amide bonds. The molecule has 0 saturated heterocycles. The van der Waals surface area contributed by atoms with Gasteiger partial charge >= 0.3 is 16.8 Å². The Labute approximate surface area is 320 Å². The molecule has 8 aromatic carbocycles. The largest absolute Gasteiger partial charge is 0.435 e. The molecule has 0 atom stereocenters. The van der Waals surface area contributed by atoms with Crippen molar-refractivity contribution in [2.45, 2.75) is 27.7 Å². The summed E-state index contributed by atoms with van der Waals surface area (Å²) >= 11 is 0. The maximum atomic E-state index is 6.35. The Kier molecular flexibility index (Phi) is 11.9. The molecule has 0 unspecified atom stereocenters. The monoisotopic (exact) mass is 742 g/mol. The highest BCUT2D eigenvalue weighted by molar-refractivity contribution is 7.57. The van der Waals surface area contributed by atoms with Crippen LogP contribution in [0, 0.1) is 39.8 Å². The van der Waals surface area contributed by atoms with Crippen molar-refractivity contribution < 1.29 is 18.1 Å². The minimum atomic E-state index is -1.37. The average molecular weight is 743 g/mol. The normalized spacial score (nSPS) is 10.9. The van der Waals surface area contributed by atoms with Crippen LogP contribution in [0.15, 0.2) is 170 Å². The third-order valence-corrected chi connectivity index (χ3v) is 11.5. The maximum absolute atomic E-state index is 6.35. The van der Waals surface area contributed by atoms with Gasteiger partial charge in [0.15, 0.2) is 0 Å². The number of hydrogen-bond acceptors (Lipinski definition) is 4. The number of benzene rings is 8. The van der Waals surface area contributed by atoms with E-state index >= 15 is 0 Å². The highest BCUT2D eigenvalue weighted by Gasteiger charge is 2.22. The molecule has 8 aromatic rings. The smallest absolute Gasteiger partial charge is 0.326 e. The van der Waals surface area contributed by atoms with Gasteiger partial charge in [-0.1, -0.05) is 133 Å². The molecular weight excluding hydrogens is 702 g/mol. The van der Waals surface area contributed by atoms with E-state index in [1.54, 1.807) is 0 Å². The summed E-state index contributed by atoms with van der Waals surface area (Å²) in [6.45, 7) is 8.17. The van der Waals surface area contributed by atoms with Crippen molar-refractivity contribution in [3.8, 4) is 23.0 Å². The van der Waals surface area contributed by atoms with Crippen molar-refractivity contribution in [2.75, 3.05) is 0 Å². The second kappa shape index (κ2) is 17.4. The van der Waals surface area contributed by atoms with E-state index in [0.29, 0.717) is 0 Å². The number of hydrogen-bond donors (Lipinski definition) is 0. The molecule has 0 bridgehead atoms. The van der Waals surface area contributed by atoms with E-state index in [0.717, 1.165) is 77.4 Å². The van der Waals surface area contributed by atoms with Crippen molar-refractivity contribution in [2.24, 2.45) is 0 Å². The predicted octanol–water partition coefficient (Wildman–Crippen LogP) is 12.7. The molecule has 2 radical (unpaired) electrons. The lowest BCUT2D eigenvalue weighted by molar-refractivity contribution is 0.497. The number of para-hydroxylation sites is 4. The van der Waals surface area contributed by atoms with Gasteiger partial charge in [-0.05, 0) is 108 Å². The van der Waals surface area contributed by atoms with Gasteiger partial charge in [0, 0.05) is 12.1 Å². The summed E-state index contributed by atoms with van der Waals surface area (Å²) in [5, 5.41) is 6.28. The van der Waals surface area contributed by atoms with Crippen molar-refractivity contribution >= 4 is 48.9 Å². The predicted molar refractivity (Wildman–Crippen MR) is 226 cm³/mol. The molecule has 0 aliphatic heterocycles. The fourth-order valence-electron chi connectivity index (χ4n) is 5.65. The Hall–Kier alpha value is -5.66. The molecule has 0 fully saturated rings. The van der Waals surface area contributed by atoms with Crippen molar-refractivity contribution in [3.63, 3.8) is 0 Å². The summed E-state index contributed by atoms with van der Waals surface area (Å²) in [5.74, 6) is 3.33. The van der Waals surface area contributed by atoms with Crippen LogP contribution < -0.4 is 28.7 Å². The zero-order valence-corrected chi connectivity index (χ0v) is 32.5. The molecule has 54 heavy (non-hydrogen) atoms. The first-order valence-electron chi connectivity index (χ1n) is 17.8. The van der Waals surface area contributed by atoms with Crippen LogP contribution in [0.1, 0.15) is 22.3 Å². The van der Waals surface area contributed by atoms with E-state index in [1.807, 2.05) is 161 Å². The summed E-state index contributed by atoms with van der Waals surface area (Å²) in [7, 11) is -2.74. The van der Waals surface area contributed by atoms with Gasteiger partial charge < -0.3 is 18.1 Å². The van der Waals surface area contributed by atoms with E-state index in [-0.39, 0.29) is 0 Å². The molecular formula is C48H40O4P2. The van der Waals surface area contributed by atoms with Gasteiger partial charge in [-0.2, -0.15) is 0 Å². The Morgan fingerprint density at radius 1 is 0.315 bits per heavy atom. The second-order valence-electron chi connectivity index (χ2n) is 12.8. The van der Waals surface area contributed by atoms with Crippen LogP contribution in [-0.2, 0) is 0 Å². The molecule has 4 nitrogen and oxygen atoms in total. The first-order valence-corrected chi connectivity index (χ1v) is 20.1. The molecule has 0 spiro atoms. The van der Waals surface area contributed by atoms with Crippen LogP contribution in [0.4, 0.5) is 0 Å². The van der Waals surface area contributed by atoms with Gasteiger partial charge in [0.25, 0.3) is 0 Å². The number of rotatable bonds is 10. The molecule has 0 aromatic heterocycles. The van der Waals surface area contributed by atoms with Crippen molar-refractivity contribution in [3.05, 3.63) is 204 Å². The lowest BCUT2D eigenvalue weighted by Gasteiger charge is -2.21.